The van der Waals surface area contributed by atoms with Crippen LogP contribution < -0.4 is 5.32 Å². The van der Waals surface area contributed by atoms with Gasteiger partial charge in [-0.1, -0.05) is 27.7 Å². The van der Waals surface area contributed by atoms with Crippen molar-refractivity contribution < 1.29 is 9.59 Å². The van der Waals surface area contributed by atoms with Gasteiger partial charge in [0.25, 0.3) is 0 Å². The van der Waals surface area contributed by atoms with Gasteiger partial charge in [-0.05, 0) is 31.2 Å². The zero-order valence-electron chi connectivity index (χ0n) is 13.8. The SMILES string of the molecule is CCNC(CN1CC(=O)N2CCCCC2C1=O)C(C)(C)C. The van der Waals surface area contributed by atoms with E-state index < -0.39 is 0 Å². The molecule has 0 radical (unpaired) electrons. The molecule has 0 saturated carbocycles. The highest BCUT2D eigenvalue weighted by atomic mass is 16.2. The highest BCUT2D eigenvalue weighted by Crippen LogP contribution is 2.25. The second-order valence-corrected chi connectivity index (χ2v) is 7.29. The average Bonchev–Trinajstić information content (AvgIpc) is 2.43. The van der Waals surface area contributed by atoms with Crippen LogP contribution in [0.2, 0.25) is 0 Å². The van der Waals surface area contributed by atoms with E-state index in [9.17, 15) is 9.59 Å². The lowest BCUT2D eigenvalue weighted by atomic mass is 9.86. The molecule has 0 bridgehead atoms. The van der Waals surface area contributed by atoms with Crippen LogP contribution in [-0.4, -0.2) is 59.9 Å². The van der Waals surface area contributed by atoms with Crippen LogP contribution in [0, 0.1) is 5.41 Å². The first-order valence-electron chi connectivity index (χ1n) is 8.16. The molecule has 2 unspecified atom stereocenters. The third-order valence-electron chi connectivity index (χ3n) is 4.64. The lowest BCUT2D eigenvalue weighted by Gasteiger charge is -2.45. The van der Waals surface area contributed by atoms with Crippen molar-refractivity contribution in [3.8, 4) is 0 Å². The number of rotatable bonds is 4. The Kier molecular flexibility index (Phi) is 4.91. The molecule has 0 aromatic heterocycles. The molecule has 2 atom stereocenters. The number of fused-ring (bicyclic) bond motifs is 1. The van der Waals surface area contributed by atoms with Crippen molar-refractivity contribution in [3.05, 3.63) is 0 Å². The highest BCUT2D eigenvalue weighted by molar-refractivity contribution is 5.95. The number of likely N-dealkylation sites (N-methyl/N-ethyl adjacent to an activating group) is 1. The lowest BCUT2D eigenvalue weighted by molar-refractivity contribution is -0.158. The van der Waals surface area contributed by atoms with Gasteiger partial charge in [-0.3, -0.25) is 9.59 Å². The third kappa shape index (κ3) is 3.57. The molecular formula is C16H29N3O2. The van der Waals surface area contributed by atoms with Gasteiger partial charge in [0.2, 0.25) is 11.8 Å². The summed E-state index contributed by atoms with van der Waals surface area (Å²) in [7, 11) is 0. The predicted molar refractivity (Wildman–Crippen MR) is 82.9 cm³/mol. The smallest absolute Gasteiger partial charge is 0.245 e. The third-order valence-corrected chi connectivity index (χ3v) is 4.64. The summed E-state index contributed by atoms with van der Waals surface area (Å²) in [4.78, 5) is 28.5. The molecule has 2 rings (SSSR count). The van der Waals surface area contributed by atoms with Gasteiger partial charge in [-0.25, -0.2) is 0 Å². The number of piperazine rings is 1. The summed E-state index contributed by atoms with van der Waals surface area (Å²) in [6, 6.07) is -0.00312. The predicted octanol–water partition coefficient (Wildman–Crippen LogP) is 1.23. The molecule has 2 saturated heterocycles. The van der Waals surface area contributed by atoms with Crippen molar-refractivity contribution in [2.45, 2.75) is 59.0 Å². The van der Waals surface area contributed by atoms with E-state index >= 15 is 0 Å². The normalized spacial score (nSPS) is 25.0. The van der Waals surface area contributed by atoms with E-state index in [-0.39, 0.29) is 35.9 Å². The number of nitrogens with zero attached hydrogens (tertiary/aromatic N) is 2. The molecule has 5 nitrogen and oxygen atoms in total. The molecule has 0 aromatic carbocycles. The Hall–Kier alpha value is -1.10. The summed E-state index contributed by atoms with van der Waals surface area (Å²) >= 11 is 0. The maximum Gasteiger partial charge on any atom is 0.245 e. The topological polar surface area (TPSA) is 52.7 Å². The quantitative estimate of drug-likeness (QED) is 0.849. The summed E-state index contributed by atoms with van der Waals surface area (Å²) in [5, 5.41) is 3.46. The van der Waals surface area contributed by atoms with Crippen LogP contribution in [0.4, 0.5) is 0 Å². The van der Waals surface area contributed by atoms with Gasteiger partial charge in [0.15, 0.2) is 0 Å². The average molecular weight is 295 g/mol. The number of hydrogen-bond acceptors (Lipinski definition) is 3. The number of carbonyl (C=O) groups excluding carboxylic acids is 2. The van der Waals surface area contributed by atoms with E-state index in [4.69, 9.17) is 0 Å². The van der Waals surface area contributed by atoms with Crippen molar-refractivity contribution in [3.63, 3.8) is 0 Å². The van der Waals surface area contributed by atoms with E-state index in [0.29, 0.717) is 6.54 Å². The Morgan fingerprint density at radius 1 is 1.29 bits per heavy atom. The van der Waals surface area contributed by atoms with Crippen LogP contribution in [0.5, 0.6) is 0 Å². The Morgan fingerprint density at radius 2 is 2.00 bits per heavy atom. The van der Waals surface area contributed by atoms with E-state index in [1.165, 1.54) is 0 Å². The zero-order chi connectivity index (χ0) is 15.6. The minimum absolute atomic E-state index is 0.0586. The number of piperidine rings is 1. The van der Waals surface area contributed by atoms with Gasteiger partial charge < -0.3 is 15.1 Å². The summed E-state index contributed by atoms with van der Waals surface area (Å²) in [5.74, 6) is 0.255. The van der Waals surface area contributed by atoms with Gasteiger partial charge in [0.1, 0.15) is 6.04 Å². The van der Waals surface area contributed by atoms with Crippen LogP contribution in [0.25, 0.3) is 0 Å². The second-order valence-electron chi connectivity index (χ2n) is 7.29. The second kappa shape index (κ2) is 6.34. The fourth-order valence-electron chi connectivity index (χ4n) is 3.30. The number of nitrogens with one attached hydrogen (secondary N) is 1. The van der Waals surface area contributed by atoms with Crippen LogP contribution in [-0.2, 0) is 9.59 Å². The largest absolute Gasteiger partial charge is 0.330 e. The van der Waals surface area contributed by atoms with Crippen LogP contribution in [0.15, 0.2) is 0 Å². The van der Waals surface area contributed by atoms with Crippen molar-refractivity contribution in [2.75, 3.05) is 26.2 Å². The Bertz CT molecular complexity index is 403. The number of hydrogen-bond donors (Lipinski definition) is 1. The molecule has 0 spiro atoms. The molecule has 2 aliphatic rings. The fraction of sp³-hybridized carbons (Fsp3) is 0.875. The summed E-state index contributed by atoms with van der Waals surface area (Å²) < 4.78 is 0. The van der Waals surface area contributed by atoms with Crippen molar-refractivity contribution in [1.29, 1.82) is 0 Å². The van der Waals surface area contributed by atoms with E-state index in [1.54, 1.807) is 9.80 Å². The first-order valence-corrected chi connectivity index (χ1v) is 8.16. The maximum atomic E-state index is 12.7. The standard InChI is InChI=1S/C16H29N3O2/c1-5-17-13(16(2,3)4)10-18-11-14(20)19-9-7-6-8-12(19)15(18)21/h12-13,17H,5-11H2,1-4H3. The molecule has 2 fully saturated rings. The van der Waals surface area contributed by atoms with Gasteiger partial charge >= 0.3 is 0 Å². The summed E-state index contributed by atoms with van der Waals surface area (Å²) in [5.41, 5.74) is 0.0586. The minimum atomic E-state index is -0.206. The van der Waals surface area contributed by atoms with Gasteiger partial charge in [0, 0.05) is 19.1 Å². The molecule has 0 aliphatic carbocycles. The first-order chi connectivity index (χ1) is 9.84. The van der Waals surface area contributed by atoms with Gasteiger partial charge in [-0.2, -0.15) is 0 Å². The first kappa shape index (κ1) is 16.3. The molecule has 1 N–H and O–H groups in total. The summed E-state index contributed by atoms with van der Waals surface area (Å²) in [6.45, 7) is 11.1. The number of carbonyl (C=O) groups is 2. The monoisotopic (exact) mass is 295 g/mol. The van der Waals surface area contributed by atoms with Crippen molar-refractivity contribution in [2.24, 2.45) is 5.41 Å². The van der Waals surface area contributed by atoms with Crippen LogP contribution in [0.1, 0.15) is 47.0 Å². The van der Waals surface area contributed by atoms with Crippen molar-refractivity contribution in [1.82, 2.24) is 15.1 Å². The van der Waals surface area contributed by atoms with E-state index in [2.05, 4.69) is 33.0 Å². The Morgan fingerprint density at radius 3 is 2.62 bits per heavy atom. The molecule has 120 valence electrons. The number of amides is 2. The van der Waals surface area contributed by atoms with E-state index in [1.807, 2.05) is 0 Å². The Balaban J connectivity index is 2.09. The van der Waals surface area contributed by atoms with E-state index in [0.717, 1.165) is 32.4 Å². The minimum Gasteiger partial charge on any atom is -0.330 e. The fourth-order valence-corrected chi connectivity index (χ4v) is 3.30. The van der Waals surface area contributed by atoms with Gasteiger partial charge in [-0.15, -0.1) is 0 Å². The molecule has 2 aliphatic heterocycles. The molecule has 2 amide bonds. The molecule has 5 heteroatoms. The lowest BCUT2D eigenvalue weighted by Crippen LogP contribution is -2.63. The van der Waals surface area contributed by atoms with Gasteiger partial charge in [0.05, 0.1) is 6.54 Å². The molecule has 0 aromatic rings. The van der Waals surface area contributed by atoms with Crippen LogP contribution in [0.3, 0.4) is 0 Å². The zero-order valence-corrected chi connectivity index (χ0v) is 13.8. The van der Waals surface area contributed by atoms with Crippen LogP contribution >= 0.6 is 0 Å². The molecule has 21 heavy (non-hydrogen) atoms. The van der Waals surface area contributed by atoms with Crippen molar-refractivity contribution >= 4 is 11.8 Å². The molecular weight excluding hydrogens is 266 g/mol. The maximum absolute atomic E-state index is 12.7. The highest BCUT2D eigenvalue weighted by Gasteiger charge is 2.41. The molecule has 2 heterocycles. The Labute approximate surface area is 128 Å². The summed E-state index contributed by atoms with van der Waals surface area (Å²) in [6.07, 6.45) is 2.89.